The molecule has 0 saturated carbocycles. The van der Waals surface area contributed by atoms with Crippen LogP contribution in [-0.4, -0.2) is 26.2 Å². The molecule has 0 spiro atoms. The SMILES string of the molecule is COCCNC(=O)c1cc(F)c(Cl)cc1Cl. The van der Waals surface area contributed by atoms with Crippen molar-refractivity contribution in [1.82, 2.24) is 5.32 Å². The maximum Gasteiger partial charge on any atom is 0.252 e. The van der Waals surface area contributed by atoms with Gasteiger partial charge in [-0.15, -0.1) is 0 Å². The first-order valence-corrected chi connectivity index (χ1v) is 5.23. The van der Waals surface area contributed by atoms with Crippen LogP contribution in [0.4, 0.5) is 4.39 Å². The van der Waals surface area contributed by atoms with Crippen molar-refractivity contribution in [2.45, 2.75) is 0 Å². The van der Waals surface area contributed by atoms with Gasteiger partial charge in [0.2, 0.25) is 0 Å². The lowest BCUT2D eigenvalue weighted by Crippen LogP contribution is -2.27. The maximum absolute atomic E-state index is 13.1. The van der Waals surface area contributed by atoms with Gasteiger partial charge in [0.1, 0.15) is 5.82 Å². The van der Waals surface area contributed by atoms with Crippen molar-refractivity contribution >= 4 is 29.1 Å². The lowest BCUT2D eigenvalue weighted by atomic mass is 10.2. The zero-order valence-corrected chi connectivity index (χ0v) is 10.0. The summed E-state index contributed by atoms with van der Waals surface area (Å²) in [6, 6.07) is 2.20. The number of halogens is 3. The second-order valence-corrected chi connectivity index (χ2v) is 3.81. The van der Waals surface area contributed by atoms with Crippen LogP contribution >= 0.6 is 23.2 Å². The fourth-order valence-electron chi connectivity index (χ4n) is 1.06. The molecule has 0 aromatic heterocycles. The number of hydrogen-bond acceptors (Lipinski definition) is 2. The summed E-state index contributed by atoms with van der Waals surface area (Å²) in [7, 11) is 1.51. The first-order valence-electron chi connectivity index (χ1n) is 4.48. The van der Waals surface area contributed by atoms with E-state index in [-0.39, 0.29) is 15.6 Å². The van der Waals surface area contributed by atoms with Crippen LogP contribution in [0.1, 0.15) is 10.4 Å². The molecule has 0 aliphatic heterocycles. The first kappa shape index (κ1) is 13.2. The molecule has 0 aliphatic carbocycles. The highest BCUT2D eigenvalue weighted by Crippen LogP contribution is 2.24. The quantitative estimate of drug-likeness (QED) is 0.671. The van der Waals surface area contributed by atoms with E-state index < -0.39 is 11.7 Å². The van der Waals surface area contributed by atoms with Gasteiger partial charge in [0.05, 0.1) is 22.2 Å². The molecule has 0 fully saturated rings. The van der Waals surface area contributed by atoms with E-state index in [0.717, 1.165) is 6.07 Å². The minimum atomic E-state index is -0.678. The third-order valence-electron chi connectivity index (χ3n) is 1.85. The number of methoxy groups -OCH3 is 1. The molecular formula is C10H10Cl2FNO2. The molecule has 16 heavy (non-hydrogen) atoms. The van der Waals surface area contributed by atoms with E-state index in [1.807, 2.05) is 0 Å². The van der Waals surface area contributed by atoms with E-state index >= 15 is 0 Å². The minimum absolute atomic E-state index is 0.0552. The number of hydrogen-bond donors (Lipinski definition) is 1. The third kappa shape index (κ3) is 3.33. The normalized spacial score (nSPS) is 10.2. The molecule has 0 unspecified atom stereocenters. The molecule has 1 N–H and O–H groups in total. The summed E-state index contributed by atoms with van der Waals surface area (Å²) in [5.41, 5.74) is 0.0552. The Kier molecular flexibility index (Phi) is 4.99. The van der Waals surface area contributed by atoms with E-state index in [1.54, 1.807) is 0 Å². The molecule has 88 valence electrons. The van der Waals surface area contributed by atoms with Crippen molar-refractivity contribution in [2.24, 2.45) is 0 Å². The van der Waals surface area contributed by atoms with E-state index in [2.05, 4.69) is 5.32 Å². The predicted octanol–water partition coefficient (Wildman–Crippen LogP) is 2.51. The van der Waals surface area contributed by atoms with Crippen LogP contribution in [-0.2, 0) is 4.74 Å². The van der Waals surface area contributed by atoms with Gasteiger partial charge >= 0.3 is 0 Å². The largest absolute Gasteiger partial charge is 0.383 e. The molecule has 1 aromatic carbocycles. The molecule has 0 radical (unpaired) electrons. The van der Waals surface area contributed by atoms with Crippen LogP contribution in [0.5, 0.6) is 0 Å². The fraction of sp³-hybridized carbons (Fsp3) is 0.300. The van der Waals surface area contributed by atoms with Gasteiger partial charge in [0.15, 0.2) is 0 Å². The van der Waals surface area contributed by atoms with E-state index in [1.165, 1.54) is 13.2 Å². The topological polar surface area (TPSA) is 38.3 Å². The second-order valence-electron chi connectivity index (χ2n) is 2.99. The number of rotatable bonds is 4. The standard InChI is InChI=1S/C10H10Cl2FNO2/c1-16-3-2-14-10(15)6-4-9(13)8(12)5-7(6)11/h4-5H,2-3H2,1H3,(H,14,15). The molecular weight excluding hydrogens is 256 g/mol. The van der Waals surface area contributed by atoms with Gasteiger partial charge in [0.25, 0.3) is 5.91 Å². The molecule has 0 bridgehead atoms. The average Bonchev–Trinajstić information content (AvgIpc) is 2.23. The van der Waals surface area contributed by atoms with Crippen LogP contribution < -0.4 is 5.32 Å². The number of benzene rings is 1. The Morgan fingerprint density at radius 3 is 2.75 bits per heavy atom. The zero-order valence-electron chi connectivity index (χ0n) is 8.52. The third-order valence-corrected chi connectivity index (χ3v) is 2.45. The van der Waals surface area contributed by atoms with Crippen molar-refractivity contribution in [1.29, 1.82) is 0 Å². The van der Waals surface area contributed by atoms with E-state index in [0.29, 0.717) is 13.2 Å². The Labute approximate surface area is 102 Å². The monoisotopic (exact) mass is 265 g/mol. The van der Waals surface area contributed by atoms with Gasteiger partial charge in [-0.1, -0.05) is 23.2 Å². The number of carbonyl (C=O) groups is 1. The first-order chi connectivity index (χ1) is 7.56. The number of carbonyl (C=O) groups excluding carboxylic acids is 1. The van der Waals surface area contributed by atoms with Crippen LogP contribution in [0, 0.1) is 5.82 Å². The molecule has 1 rings (SSSR count). The Balaban J connectivity index is 2.79. The maximum atomic E-state index is 13.1. The van der Waals surface area contributed by atoms with Crippen molar-refractivity contribution in [2.75, 3.05) is 20.3 Å². The lowest BCUT2D eigenvalue weighted by Gasteiger charge is -2.07. The zero-order chi connectivity index (χ0) is 12.1. The Bertz CT molecular complexity index is 399. The summed E-state index contributed by atoms with van der Waals surface area (Å²) in [4.78, 5) is 11.5. The summed E-state index contributed by atoms with van der Waals surface area (Å²) in [6.45, 7) is 0.704. The summed E-state index contributed by atoms with van der Waals surface area (Å²) in [5, 5.41) is 2.53. The van der Waals surface area contributed by atoms with E-state index in [4.69, 9.17) is 27.9 Å². The van der Waals surface area contributed by atoms with Crippen LogP contribution in [0.2, 0.25) is 10.0 Å². The minimum Gasteiger partial charge on any atom is -0.383 e. The Morgan fingerprint density at radius 1 is 1.44 bits per heavy atom. The summed E-state index contributed by atoms with van der Waals surface area (Å²) in [6.07, 6.45) is 0. The van der Waals surface area contributed by atoms with Gasteiger partial charge in [-0.3, -0.25) is 4.79 Å². The van der Waals surface area contributed by atoms with Gasteiger partial charge in [-0.25, -0.2) is 4.39 Å². The highest BCUT2D eigenvalue weighted by molar-refractivity contribution is 6.36. The van der Waals surface area contributed by atoms with E-state index in [9.17, 15) is 9.18 Å². The fourth-order valence-corrected chi connectivity index (χ4v) is 1.53. The Morgan fingerprint density at radius 2 is 2.12 bits per heavy atom. The molecule has 6 heteroatoms. The number of nitrogens with one attached hydrogen (secondary N) is 1. The summed E-state index contributed by atoms with van der Waals surface area (Å²) in [5.74, 6) is -1.14. The van der Waals surface area contributed by atoms with Gasteiger partial charge in [0, 0.05) is 13.7 Å². The molecule has 0 atom stereocenters. The smallest absolute Gasteiger partial charge is 0.252 e. The van der Waals surface area contributed by atoms with Crippen LogP contribution in [0.3, 0.4) is 0 Å². The summed E-state index contributed by atoms with van der Waals surface area (Å²) < 4.78 is 17.9. The van der Waals surface area contributed by atoms with Gasteiger partial charge < -0.3 is 10.1 Å². The molecule has 1 aromatic rings. The van der Waals surface area contributed by atoms with Crippen molar-refractivity contribution in [3.8, 4) is 0 Å². The van der Waals surface area contributed by atoms with Crippen molar-refractivity contribution in [3.05, 3.63) is 33.6 Å². The van der Waals surface area contributed by atoms with Crippen LogP contribution in [0.25, 0.3) is 0 Å². The average molecular weight is 266 g/mol. The predicted molar refractivity (Wildman–Crippen MR) is 60.6 cm³/mol. The molecule has 0 heterocycles. The second kappa shape index (κ2) is 6.03. The molecule has 0 saturated heterocycles. The highest BCUT2D eigenvalue weighted by atomic mass is 35.5. The molecule has 0 aliphatic rings. The van der Waals surface area contributed by atoms with Crippen molar-refractivity contribution < 1.29 is 13.9 Å². The number of ether oxygens (including phenoxy) is 1. The molecule has 3 nitrogen and oxygen atoms in total. The number of amides is 1. The molecule has 1 amide bonds. The van der Waals surface area contributed by atoms with Gasteiger partial charge in [-0.05, 0) is 12.1 Å². The Hall–Kier alpha value is -0.840. The van der Waals surface area contributed by atoms with Gasteiger partial charge in [-0.2, -0.15) is 0 Å². The highest BCUT2D eigenvalue weighted by Gasteiger charge is 2.13. The van der Waals surface area contributed by atoms with Crippen LogP contribution in [0.15, 0.2) is 12.1 Å². The summed E-state index contributed by atoms with van der Waals surface area (Å²) >= 11 is 11.3. The van der Waals surface area contributed by atoms with Crippen molar-refractivity contribution in [3.63, 3.8) is 0 Å². The lowest BCUT2D eigenvalue weighted by molar-refractivity contribution is 0.0937.